The molecule has 0 unspecified atom stereocenters. The zero-order valence-corrected chi connectivity index (χ0v) is 12.0. The van der Waals surface area contributed by atoms with E-state index in [0.717, 1.165) is 0 Å². The van der Waals surface area contributed by atoms with Gasteiger partial charge in [-0.15, -0.1) is 11.6 Å². The van der Waals surface area contributed by atoms with Crippen LogP contribution < -0.4 is 0 Å². The molecule has 112 valence electrons. The summed E-state index contributed by atoms with van der Waals surface area (Å²) in [5, 5.41) is 35.1. The molecule has 0 aromatic heterocycles. The number of phenolic OH excluding ortho intramolecular Hbond substituents is 2. The van der Waals surface area contributed by atoms with E-state index in [1.807, 2.05) is 0 Å². The minimum Gasteiger partial charge on any atom is -0.526 e. The Morgan fingerprint density at radius 3 is 1.86 bits per heavy atom. The number of para-hydroxylation sites is 2. The third-order valence-electron chi connectivity index (χ3n) is 2.93. The molecular formula is C16H15CuN2O2. The second-order valence-electron chi connectivity index (χ2n) is 4.33. The van der Waals surface area contributed by atoms with E-state index in [1.165, 1.54) is 12.1 Å². The Kier molecular flexibility index (Phi) is 6.03. The molecule has 2 aromatic rings. The Balaban J connectivity index is 0.00000220. The number of hydrogen-bond acceptors (Lipinski definition) is 4. The maximum Gasteiger partial charge on any atom is 1.00 e. The van der Waals surface area contributed by atoms with E-state index < -0.39 is 0 Å². The van der Waals surface area contributed by atoms with Crippen molar-refractivity contribution in [1.29, 1.82) is 10.8 Å². The molecule has 0 aliphatic carbocycles. The molecule has 0 heterocycles. The van der Waals surface area contributed by atoms with Gasteiger partial charge in [-0.1, -0.05) is 36.4 Å². The monoisotopic (exact) mass is 330 g/mol. The zero-order chi connectivity index (χ0) is 14.5. The van der Waals surface area contributed by atoms with Crippen LogP contribution in [0.3, 0.4) is 0 Å². The van der Waals surface area contributed by atoms with Crippen molar-refractivity contribution in [3.63, 3.8) is 0 Å². The van der Waals surface area contributed by atoms with Crippen molar-refractivity contribution >= 4 is 11.4 Å². The molecule has 21 heavy (non-hydrogen) atoms. The number of phenols is 2. The van der Waals surface area contributed by atoms with Gasteiger partial charge >= 0.3 is 17.1 Å². The summed E-state index contributed by atoms with van der Waals surface area (Å²) < 4.78 is 0. The van der Waals surface area contributed by atoms with E-state index in [-0.39, 0.29) is 46.4 Å². The van der Waals surface area contributed by atoms with Gasteiger partial charge in [0.2, 0.25) is 0 Å². The van der Waals surface area contributed by atoms with E-state index in [4.69, 9.17) is 10.8 Å². The molecule has 0 atom stereocenters. The fraction of sp³-hybridized carbons (Fsp3) is 0.0625. The van der Waals surface area contributed by atoms with Gasteiger partial charge in [-0.25, -0.2) is 0 Å². The number of rotatable bonds is 5. The van der Waals surface area contributed by atoms with Gasteiger partial charge in [-0.3, -0.25) is 0 Å². The van der Waals surface area contributed by atoms with Crippen LogP contribution >= 0.6 is 0 Å². The van der Waals surface area contributed by atoms with Crippen LogP contribution in [0.2, 0.25) is 0 Å². The first-order chi connectivity index (χ1) is 9.59. The molecule has 0 fully saturated rings. The van der Waals surface area contributed by atoms with Crippen molar-refractivity contribution in [2.45, 2.75) is 6.42 Å². The Bertz CT molecular complexity index is 599. The van der Waals surface area contributed by atoms with E-state index in [9.17, 15) is 10.2 Å². The maximum absolute atomic E-state index is 9.66. The molecule has 0 amide bonds. The first kappa shape index (κ1) is 16.8. The van der Waals surface area contributed by atoms with E-state index in [2.05, 4.69) is 0 Å². The second-order valence-corrected chi connectivity index (χ2v) is 4.33. The van der Waals surface area contributed by atoms with Crippen molar-refractivity contribution in [1.82, 2.24) is 0 Å². The number of benzene rings is 2. The summed E-state index contributed by atoms with van der Waals surface area (Å²) in [6.45, 7) is 0. The van der Waals surface area contributed by atoms with Crippen LogP contribution in [-0.2, 0) is 17.1 Å². The van der Waals surface area contributed by atoms with Gasteiger partial charge in [-0.2, -0.15) is 6.42 Å². The number of nitrogens with one attached hydrogen (secondary N) is 2. The van der Waals surface area contributed by atoms with Crippen LogP contribution in [-0.4, -0.2) is 21.6 Å². The molecule has 4 N–H and O–H groups in total. The largest absolute Gasteiger partial charge is 1.00 e. The van der Waals surface area contributed by atoms with Crippen molar-refractivity contribution in [2.75, 3.05) is 0 Å². The summed E-state index contributed by atoms with van der Waals surface area (Å²) in [6.07, 6.45) is 1.76. The number of hydrogen-bond donors (Lipinski definition) is 4. The second kappa shape index (κ2) is 7.52. The third-order valence-corrected chi connectivity index (χ3v) is 2.93. The number of aromatic hydroxyl groups is 2. The van der Waals surface area contributed by atoms with Gasteiger partial charge in [0.1, 0.15) is 5.75 Å². The fourth-order valence-electron chi connectivity index (χ4n) is 1.85. The molecule has 0 spiro atoms. The van der Waals surface area contributed by atoms with Crippen LogP contribution in [0.5, 0.6) is 11.5 Å². The molecule has 0 saturated carbocycles. The quantitative estimate of drug-likeness (QED) is 0.385. The Labute approximate surface area is 134 Å². The molecule has 2 aromatic carbocycles. The van der Waals surface area contributed by atoms with Crippen molar-refractivity contribution < 1.29 is 27.3 Å². The van der Waals surface area contributed by atoms with Crippen LogP contribution in [0, 0.1) is 17.2 Å². The summed E-state index contributed by atoms with van der Waals surface area (Å²) in [5.74, 6) is 0.0998. The maximum atomic E-state index is 9.66. The van der Waals surface area contributed by atoms with Crippen molar-refractivity contribution in [3.05, 3.63) is 66.1 Å². The van der Waals surface area contributed by atoms with Crippen LogP contribution in [0.1, 0.15) is 17.5 Å². The molecule has 5 heteroatoms. The molecule has 4 nitrogen and oxygen atoms in total. The minimum atomic E-state index is 0. The normalized spacial score (nSPS) is 9.52. The summed E-state index contributed by atoms with van der Waals surface area (Å²) >= 11 is 0. The topological polar surface area (TPSA) is 88.2 Å². The Morgan fingerprint density at radius 1 is 0.857 bits per heavy atom. The van der Waals surface area contributed by atoms with Gasteiger partial charge in [-0.05, 0) is 18.2 Å². The molecule has 0 saturated heterocycles. The SMILES string of the molecule is N=C([CH-]CC(=N)c1ccccc1O)c1ccccc1O.[Cu+]. The zero-order valence-electron chi connectivity index (χ0n) is 11.1. The third kappa shape index (κ3) is 4.12. The van der Waals surface area contributed by atoms with Gasteiger partial charge in [0.25, 0.3) is 0 Å². The van der Waals surface area contributed by atoms with Gasteiger partial charge < -0.3 is 21.0 Å². The standard InChI is InChI=1S/C16H15N2O2.Cu/c17-13(11-5-1-3-7-15(11)19)9-10-14(18)12-6-2-4-8-16(12)20;/h1-9,17-20H,10H2;/q-1;+1. The Morgan fingerprint density at radius 2 is 1.33 bits per heavy atom. The average Bonchev–Trinajstić information content (AvgIpc) is 2.45. The van der Waals surface area contributed by atoms with Crippen molar-refractivity contribution in [2.24, 2.45) is 0 Å². The average molecular weight is 331 g/mol. The van der Waals surface area contributed by atoms with Crippen molar-refractivity contribution in [3.8, 4) is 11.5 Å². The van der Waals surface area contributed by atoms with E-state index >= 15 is 0 Å². The van der Waals surface area contributed by atoms with Gasteiger partial charge in [0.15, 0.2) is 0 Å². The van der Waals surface area contributed by atoms with Crippen LogP contribution in [0.4, 0.5) is 0 Å². The first-order valence-corrected chi connectivity index (χ1v) is 6.15. The predicted octanol–water partition coefficient (Wildman–Crippen LogP) is 3.13. The molecular weight excluding hydrogens is 316 g/mol. The summed E-state index contributed by atoms with van der Waals surface area (Å²) in [5.41, 5.74) is 1.26. The summed E-state index contributed by atoms with van der Waals surface area (Å²) in [4.78, 5) is 0. The minimum absolute atomic E-state index is 0. The molecule has 0 aliphatic heterocycles. The smallest absolute Gasteiger partial charge is 0.526 e. The molecule has 0 aliphatic rings. The van der Waals surface area contributed by atoms with Crippen LogP contribution in [0.25, 0.3) is 0 Å². The molecule has 0 radical (unpaired) electrons. The Hall–Kier alpha value is -2.23. The van der Waals surface area contributed by atoms with Gasteiger partial charge in [0, 0.05) is 17.0 Å². The fourth-order valence-corrected chi connectivity index (χ4v) is 1.85. The summed E-state index contributed by atoms with van der Waals surface area (Å²) in [6, 6.07) is 13.2. The van der Waals surface area contributed by atoms with E-state index in [0.29, 0.717) is 11.1 Å². The van der Waals surface area contributed by atoms with Crippen LogP contribution in [0.15, 0.2) is 48.5 Å². The van der Waals surface area contributed by atoms with Gasteiger partial charge in [0.05, 0.1) is 0 Å². The first-order valence-electron chi connectivity index (χ1n) is 6.15. The predicted molar refractivity (Wildman–Crippen MR) is 78.8 cm³/mol. The molecule has 0 bridgehead atoms. The van der Waals surface area contributed by atoms with E-state index in [1.54, 1.807) is 42.8 Å². The molecule has 2 rings (SSSR count). The summed E-state index contributed by atoms with van der Waals surface area (Å²) in [7, 11) is 0.